The number of hydroxylamine groups is 1. The first-order chi connectivity index (χ1) is 17.3. The summed E-state index contributed by atoms with van der Waals surface area (Å²) in [5, 5.41) is 11.7. The normalized spacial score (nSPS) is 16.1. The van der Waals surface area contributed by atoms with Gasteiger partial charge in [-0.15, -0.1) is 0 Å². The Balaban J connectivity index is 1.37. The van der Waals surface area contributed by atoms with Crippen molar-refractivity contribution in [2.24, 2.45) is 0 Å². The third kappa shape index (κ3) is 6.76. The number of carboxylic acid groups (broad SMARTS) is 1. The number of ether oxygens (including phenoxy) is 1. The van der Waals surface area contributed by atoms with Gasteiger partial charge in [0.1, 0.15) is 6.61 Å². The number of hydrogen-bond acceptors (Lipinski definition) is 6. The maximum Gasteiger partial charge on any atom is 0.416 e. The van der Waals surface area contributed by atoms with E-state index in [1.807, 2.05) is 0 Å². The van der Waals surface area contributed by atoms with Gasteiger partial charge in [-0.2, -0.15) is 13.2 Å². The van der Waals surface area contributed by atoms with Crippen molar-refractivity contribution in [2.75, 3.05) is 13.2 Å². The molecule has 1 saturated carbocycles. The van der Waals surface area contributed by atoms with Crippen LogP contribution in [-0.2, 0) is 29.0 Å². The molecule has 1 aliphatic carbocycles. The smallest absolute Gasteiger partial charge is 0.416 e. The van der Waals surface area contributed by atoms with Crippen LogP contribution < -0.4 is 15.5 Å². The second-order valence-corrected chi connectivity index (χ2v) is 9.05. The summed E-state index contributed by atoms with van der Waals surface area (Å²) < 4.78 is 47.0. The lowest BCUT2D eigenvalue weighted by atomic mass is 9.81. The van der Waals surface area contributed by atoms with E-state index in [1.54, 1.807) is 30.3 Å². The first kappa shape index (κ1) is 26.0. The van der Waals surface area contributed by atoms with Crippen molar-refractivity contribution in [3.05, 3.63) is 64.4 Å². The summed E-state index contributed by atoms with van der Waals surface area (Å²) in [4.78, 5) is 20.6. The Morgan fingerprint density at radius 2 is 1.97 bits per heavy atom. The minimum absolute atomic E-state index is 0.0172. The quantitative estimate of drug-likeness (QED) is 0.303. The standard InChI is InChI=1S/C26H30F3N3O4/c27-26(28,29)22-14-17(6-8-20(22)18-4-2-1-3-5-18)16-36-32-23-11-13-35-25-21(23)9-7-19(31-25)15-30-12-10-24(33)34/h6-9,11,14,18,30,32H,1-5,10,12-13,15-16H2,(H,33,34). The summed E-state index contributed by atoms with van der Waals surface area (Å²) in [5.74, 6) is -0.519. The summed E-state index contributed by atoms with van der Waals surface area (Å²) in [6.45, 7) is 0.939. The number of nitrogens with one attached hydrogen (secondary N) is 2. The number of aliphatic carboxylic acids is 1. The Bertz CT molecular complexity index is 1100. The third-order valence-corrected chi connectivity index (χ3v) is 6.43. The SMILES string of the molecule is O=C(O)CCNCc1ccc2c(n1)OCC=C2NOCc1ccc(C2CCCCC2)c(C(F)(F)F)c1. The van der Waals surface area contributed by atoms with Gasteiger partial charge in [0.25, 0.3) is 0 Å². The topological polar surface area (TPSA) is 92.7 Å². The van der Waals surface area contributed by atoms with Gasteiger partial charge in [0.05, 0.1) is 35.5 Å². The minimum atomic E-state index is -4.41. The van der Waals surface area contributed by atoms with Gasteiger partial charge >= 0.3 is 12.1 Å². The van der Waals surface area contributed by atoms with Crippen molar-refractivity contribution in [1.29, 1.82) is 0 Å². The van der Waals surface area contributed by atoms with E-state index < -0.39 is 17.7 Å². The van der Waals surface area contributed by atoms with Crippen LogP contribution in [-0.4, -0.2) is 29.2 Å². The Morgan fingerprint density at radius 1 is 1.17 bits per heavy atom. The number of pyridine rings is 1. The fourth-order valence-corrected chi connectivity index (χ4v) is 4.62. The Labute approximate surface area is 207 Å². The van der Waals surface area contributed by atoms with E-state index in [0.29, 0.717) is 47.1 Å². The monoisotopic (exact) mass is 505 g/mol. The second kappa shape index (κ2) is 11.7. The van der Waals surface area contributed by atoms with Crippen LogP contribution in [0.3, 0.4) is 0 Å². The maximum atomic E-state index is 13.8. The number of benzene rings is 1. The number of carbonyl (C=O) groups is 1. The van der Waals surface area contributed by atoms with Crippen molar-refractivity contribution >= 4 is 11.7 Å². The molecule has 0 saturated heterocycles. The maximum absolute atomic E-state index is 13.8. The molecule has 0 atom stereocenters. The van der Waals surface area contributed by atoms with E-state index >= 15 is 0 Å². The second-order valence-electron chi connectivity index (χ2n) is 9.05. The highest BCUT2D eigenvalue weighted by molar-refractivity contribution is 5.68. The molecule has 1 fully saturated rings. The molecule has 1 aromatic heterocycles. The lowest BCUT2D eigenvalue weighted by molar-refractivity contribution is -0.139. The minimum Gasteiger partial charge on any atom is -0.481 e. The van der Waals surface area contributed by atoms with E-state index in [9.17, 15) is 18.0 Å². The van der Waals surface area contributed by atoms with E-state index in [2.05, 4.69) is 15.8 Å². The average molecular weight is 506 g/mol. The van der Waals surface area contributed by atoms with E-state index in [-0.39, 0.29) is 25.6 Å². The average Bonchev–Trinajstić information content (AvgIpc) is 2.86. The summed E-state index contributed by atoms with van der Waals surface area (Å²) >= 11 is 0. The summed E-state index contributed by atoms with van der Waals surface area (Å²) in [6.07, 6.45) is 1.98. The highest BCUT2D eigenvalue weighted by Gasteiger charge is 2.35. The van der Waals surface area contributed by atoms with Gasteiger partial charge in [-0.25, -0.2) is 4.98 Å². The van der Waals surface area contributed by atoms with Crippen molar-refractivity contribution in [2.45, 2.75) is 63.8 Å². The summed E-state index contributed by atoms with van der Waals surface area (Å²) in [5.41, 5.74) is 5.05. The van der Waals surface area contributed by atoms with Gasteiger partial charge in [0.15, 0.2) is 0 Å². The third-order valence-electron chi connectivity index (χ3n) is 6.43. The van der Waals surface area contributed by atoms with Crippen LogP contribution in [0.2, 0.25) is 0 Å². The number of carboxylic acids is 1. The molecule has 4 rings (SSSR count). The number of nitrogens with zero attached hydrogens (tertiary/aromatic N) is 1. The summed E-state index contributed by atoms with van der Waals surface area (Å²) in [6, 6.07) is 8.10. The molecule has 0 bridgehead atoms. The molecule has 0 radical (unpaired) electrons. The molecular weight excluding hydrogens is 475 g/mol. The molecule has 2 aromatic rings. The van der Waals surface area contributed by atoms with E-state index in [1.165, 1.54) is 6.07 Å². The number of alkyl halides is 3. The Kier molecular flexibility index (Phi) is 8.48. The molecule has 0 spiro atoms. The summed E-state index contributed by atoms with van der Waals surface area (Å²) in [7, 11) is 0. The van der Waals surface area contributed by atoms with Crippen LogP contribution in [0.25, 0.3) is 5.70 Å². The predicted molar refractivity (Wildman–Crippen MR) is 127 cm³/mol. The number of rotatable bonds is 10. The van der Waals surface area contributed by atoms with Crippen molar-refractivity contribution in [3.63, 3.8) is 0 Å². The molecule has 0 unspecified atom stereocenters. The van der Waals surface area contributed by atoms with Crippen LogP contribution in [0.1, 0.15) is 72.4 Å². The molecule has 0 amide bonds. The van der Waals surface area contributed by atoms with Gasteiger partial charge in [-0.3, -0.25) is 15.1 Å². The highest BCUT2D eigenvalue weighted by Crippen LogP contribution is 2.41. The molecule has 1 aromatic carbocycles. The van der Waals surface area contributed by atoms with Crippen LogP contribution in [0.5, 0.6) is 5.88 Å². The lowest BCUT2D eigenvalue weighted by Crippen LogP contribution is -2.21. The number of hydrogen-bond donors (Lipinski definition) is 3. The molecule has 194 valence electrons. The molecule has 10 heteroatoms. The van der Waals surface area contributed by atoms with E-state index in [4.69, 9.17) is 14.7 Å². The number of fused-ring (bicyclic) bond motifs is 1. The van der Waals surface area contributed by atoms with Crippen LogP contribution in [0, 0.1) is 0 Å². The van der Waals surface area contributed by atoms with Gasteiger partial charge < -0.3 is 15.2 Å². The van der Waals surface area contributed by atoms with Crippen molar-refractivity contribution in [1.82, 2.24) is 15.8 Å². The molecule has 36 heavy (non-hydrogen) atoms. The van der Waals surface area contributed by atoms with Crippen molar-refractivity contribution in [3.8, 4) is 5.88 Å². The Morgan fingerprint density at radius 3 is 2.72 bits per heavy atom. The zero-order valence-corrected chi connectivity index (χ0v) is 19.9. The number of aromatic nitrogens is 1. The fourth-order valence-electron chi connectivity index (χ4n) is 4.62. The first-order valence-electron chi connectivity index (χ1n) is 12.1. The molecule has 3 N–H and O–H groups in total. The van der Waals surface area contributed by atoms with Gasteiger partial charge in [-0.1, -0.05) is 31.4 Å². The van der Waals surface area contributed by atoms with Gasteiger partial charge in [0, 0.05) is 13.1 Å². The van der Waals surface area contributed by atoms with Gasteiger partial charge in [-0.05, 0) is 54.2 Å². The number of halogens is 3. The molecule has 2 heterocycles. The lowest BCUT2D eigenvalue weighted by Gasteiger charge is -2.25. The van der Waals surface area contributed by atoms with E-state index in [0.717, 1.165) is 32.1 Å². The molecule has 2 aliphatic rings. The Hall–Kier alpha value is -3.11. The molecule has 1 aliphatic heterocycles. The van der Waals surface area contributed by atoms with Crippen LogP contribution >= 0.6 is 0 Å². The largest absolute Gasteiger partial charge is 0.481 e. The highest BCUT2D eigenvalue weighted by atomic mass is 19.4. The predicted octanol–water partition coefficient (Wildman–Crippen LogP) is 5.17. The first-order valence-corrected chi connectivity index (χ1v) is 12.1. The van der Waals surface area contributed by atoms with Crippen molar-refractivity contribution < 1.29 is 32.6 Å². The van der Waals surface area contributed by atoms with Crippen LogP contribution in [0.15, 0.2) is 36.4 Å². The zero-order chi connectivity index (χ0) is 25.5. The van der Waals surface area contributed by atoms with Crippen LogP contribution in [0.4, 0.5) is 13.2 Å². The van der Waals surface area contributed by atoms with Gasteiger partial charge in [0.2, 0.25) is 5.88 Å². The molecular formula is C26H30F3N3O4. The fraction of sp³-hybridized carbons (Fsp3) is 0.462. The zero-order valence-electron chi connectivity index (χ0n) is 19.9. The molecule has 7 nitrogen and oxygen atoms in total.